The molecule has 1 saturated carbocycles. The Labute approximate surface area is 98.9 Å². The molecule has 0 radical (unpaired) electrons. The van der Waals surface area contributed by atoms with Gasteiger partial charge in [-0.05, 0) is 18.3 Å². The topological polar surface area (TPSA) is 51.8 Å². The molecule has 2 N–H and O–H groups in total. The zero-order valence-electron chi connectivity index (χ0n) is 9.14. The summed E-state index contributed by atoms with van der Waals surface area (Å²) < 4.78 is 1.05. The van der Waals surface area contributed by atoms with Crippen LogP contribution in [0, 0.1) is 5.41 Å². The number of rotatable bonds is 2. The standard InChI is InChI=1S/C10H17N3S2/c1-10(2)5-3-4-7(8(10)11)15-9-13-12-6-14-9/h6-8H,3-5,11H2,1-2H3. The maximum Gasteiger partial charge on any atom is 0.174 e. The zero-order valence-corrected chi connectivity index (χ0v) is 10.8. The van der Waals surface area contributed by atoms with Crippen LogP contribution in [0.15, 0.2) is 9.85 Å². The quantitative estimate of drug-likeness (QED) is 0.867. The minimum absolute atomic E-state index is 0.264. The molecule has 1 heterocycles. The lowest BCUT2D eigenvalue weighted by atomic mass is 9.73. The van der Waals surface area contributed by atoms with Crippen LogP contribution in [0.3, 0.4) is 0 Å². The van der Waals surface area contributed by atoms with Crippen LogP contribution < -0.4 is 5.73 Å². The molecule has 1 aliphatic carbocycles. The Balaban J connectivity index is 2.03. The van der Waals surface area contributed by atoms with Crippen molar-refractivity contribution >= 4 is 23.1 Å². The molecule has 2 rings (SSSR count). The molecule has 5 heteroatoms. The van der Waals surface area contributed by atoms with E-state index in [1.165, 1.54) is 19.3 Å². The Morgan fingerprint density at radius 2 is 2.40 bits per heavy atom. The van der Waals surface area contributed by atoms with Gasteiger partial charge in [-0.2, -0.15) is 0 Å². The number of hydrogen-bond donors (Lipinski definition) is 1. The molecule has 1 aromatic rings. The molecule has 3 nitrogen and oxygen atoms in total. The highest BCUT2D eigenvalue weighted by molar-refractivity contribution is 8.01. The number of hydrogen-bond acceptors (Lipinski definition) is 5. The predicted molar refractivity (Wildman–Crippen MR) is 65.2 cm³/mol. The second-order valence-corrected chi connectivity index (χ2v) is 7.09. The van der Waals surface area contributed by atoms with Crippen LogP contribution in [-0.2, 0) is 0 Å². The number of thioether (sulfide) groups is 1. The minimum Gasteiger partial charge on any atom is -0.326 e. The molecular formula is C10H17N3S2. The first-order valence-electron chi connectivity index (χ1n) is 5.28. The molecule has 15 heavy (non-hydrogen) atoms. The van der Waals surface area contributed by atoms with Crippen molar-refractivity contribution < 1.29 is 0 Å². The van der Waals surface area contributed by atoms with Crippen molar-refractivity contribution in [1.82, 2.24) is 10.2 Å². The molecule has 0 aliphatic heterocycles. The number of aromatic nitrogens is 2. The van der Waals surface area contributed by atoms with Gasteiger partial charge in [0.15, 0.2) is 4.34 Å². The fraction of sp³-hybridized carbons (Fsp3) is 0.800. The molecule has 2 unspecified atom stereocenters. The monoisotopic (exact) mass is 243 g/mol. The third-order valence-corrected chi connectivity index (χ3v) is 5.38. The lowest BCUT2D eigenvalue weighted by Crippen LogP contribution is -2.48. The van der Waals surface area contributed by atoms with Crippen molar-refractivity contribution in [3.8, 4) is 0 Å². The van der Waals surface area contributed by atoms with Crippen LogP contribution in [0.25, 0.3) is 0 Å². The Morgan fingerprint density at radius 1 is 1.60 bits per heavy atom. The summed E-state index contributed by atoms with van der Waals surface area (Å²) in [6.45, 7) is 4.54. The summed E-state index contributed by atoms with van der Waals surface area (Å²) in [6.07, 6.45) is 3.72. The van der Waals surface area contributed by atoms with Gasteiger partial charge in [0.05, 0.1) is 0 Å². The van der Waals surface area contributed by atoms with Crippen molar-refractivity contribution in [2.45, 2.75) is 48.7 Å². The van der Waals surface area contributed by atoms with Crippen molar-refractivity contribution in [3.63, 3.8) is 0 Å². The summed E-state index contributed by atoms with van der Waals surface area (Å²) in [5.41, 5.74) is 8.35. The number of nitrogens with zero attached hydrogens (tertiary/aromatic N) is 2. The first kappa shape index (κ1) is 11.4. The molecule has 1 aliphatic rings. The molecule has 0 saturated heterocycles. The maximum absolute atomic E-state index is 6.31. The van der Waals surface area contributed by atoms with Gasteiger partial charge in [-0.15, -0.1) is 10.2 Å². The lowest BCUT2D eigenvalue weighted by molar-refractivity contribution is 0.208. The van der Waals surface area contributed by atoms with E-state index >= 15 is 0 Å². The van der Waals surface area contributed by atoms with E-state index in [0.29, 0.717) is 5.25 Å². The first-order valence-corrected chi connectivity index (χ1v) is 7.04. The molecule has 2 atom stereocenters. The van der Waals surface area contributed by atoms with Gasteiger partial charge in [0, 0.05) is 11.3 Å². The Bertz CT molecular complexity index is 310. The van der Waals surface area contributed by atoms with Gasteiger partial charge >= 0.3 is 0 Å². The summed E-state index contributed by atoms with van der Waals surface area (Å²) in [4.78, 5) is 0. The molecule has 0 spiro atoms. The van der Waals surface area contributed by atoms with Crippen LogP contribution in [0.4, 0.5) is 0 Å². The summed E-state index contributed by atoms with van der Waals surface area (Å²) in [6, 6.07) is 0.264. The highest BCUT2D eigenvalue weighted by Crippen LogP contribution is 2.41. The second kappa shape index (κ2) is 4.39. The second-order valence-electron chi connectivity index (χ2n) is 4.77. The van der Waals surface area contributed by atoms with Crippen molar-refractivity contribution in [2.24, 2.45) is 11.1 Å². The third kappa shape index (κ3) is 2.52. The van der Waals surface area contributed by atoms with E-state index < -0.39 is 0 Å². The summed E-state index contributed by atoms with van der Waals surface area (Å²) >= 11 is 3.41. The van der Waals surface area contributed by atoms with Gasteiger partial charge in [0.2, 0.25) is 0 Å². The molecule has 0 bridgehead atoms. The van der Waals surface area contributed by atoms with Crippen LogP contribution in [0.5, 0.6) is 0 Å². The fourth-order valence-corrected chi connectivity index (χ4v) is 4.24. The summed E-state index contributed by atoms with van der Waals surface area (Å²) in [5.74, 6) is 0. The van der Waals surface area contributed by atoms with Crippen LogP contribution in [-0.4, -0.2) is 21.5 Å². The van der Waals surface area contributed by atoms with Gasteiger partial charge in [-0.3, -0.25) is 0 Å². The van der Waals surface area contributed by atoms with E-state index in [9.17, 15) is 0 Å². The Hall–Kier alpha value is -0.130. The smallest absolute Gasteiger partial charge is 0.174 e. The van der Waals surface area contributed by atoms with Gasteiger partial charge in [0.25, 0.3) is 0 Å². The van der Waals surface area contributed by atoms with Crippen molar-refractivity contribution in [2.75, 3.05) is 0 Å². The summed E-state index contributed by atoms with van der Waals surface area (Å²) in [7, 11) is 0. The molecule has 0 aromatic carbocycles. The summed E-state index contributed by atoms with van der Waals surface area (Å²) in [5, 5.41) is 8.43. The average molecular weight is 243 g/mol. The number of nitrogens with two attached hydrogens (primary N) is 1. The SMILES string of the molecule is CC1(C)CCCC(Sc2nncs2)C1N. The van der Waals surface area contributed by atoms with E-state index in [1.54, 1.807) is 28.6 Å². The third-order valence-electron chi connectivity index (χ3n) is 3.20. The van der Waals surface area contributed by atoms with Crippen LogP contribution >= 0.6 is 23.1 Å². The highest BCUT2D eigenvalue weighted by Gasteiger charge is 2.37. The lowest BCUT2D eigenvalue weighted by Gasteiger charge is -2.41. The van der Waals surface area contributed by atoms with Crippen molar-refractivity contribution in [3.05, 3.63) is 5.51 Å². The van der Waals surface area contributed by atoms with Gasteiger partial charge < -0.3 is 5.73 Å². The molecule has 1 aromatic heterocycles. The Morgan fingerprint density at radius 3 is 3.07 bits per heavy atom. The van der Waals surface area contributed by atoms with Crippen LogP contribution in [0.1, 0.15) is 33.1 Å². The van der Waals surface area contributed by atoms with Crippen molar-refractivity contribution in [1.29, 1.82) is 0 Å². The van der Waals surface area contributed by atoms with Gasteiger partial charge in [-0.25, -0.2) is 0 Å². The normalized spacial score (nSPS) is 30.3. The Kier molecular flexibility index (Phi) is 3.33. The van der Waals surface area contributed by atoms with Crippen LogP contribution in [0.2, 0.25) is 0 Å². The molecule has 0 amide bonds. The van der Waals surface area contributed by atoms with Gasteiger partial charge in [-0.1, -0.05) is 43.4 Å². The molecular weight excluding hydrogens is 226 g/mol. The highest BCUT2D eigenvalue weighted by atomic mass is 32.2. The van der Waals surface area contributed by atoms with E-state index in [2.05, 4.69) is 24.0 Å². The van der Waals surface area contributed by atoms with Gasteiger partial charge in [0.1, 0.15) is 5.51 Å². The first-order chi connectivity index (χ1) is 7.09. The minimum atomic E-state index is 0.264. The van der Waals surface area contributed by atoms with E-state index in [-0.39, 0.29) is 11.5 Å². The predicted octanol–water partition coefficient (Wildman–Crippen LogP) is 2.54. The largest absolute Gasteiger partial charge is 0.326 e. The van der Waals surface area contributed by atoms with E-state index in [4.69, 9.17) is 5.73 Å². The van der Waals surface area contributed by atoms with E-state index in [0.717, 1.165) is 4.34 Å². The zero-order chi connectivity index (χ0) is 10.9. The average Bonchev–Trinajstić information content (AvgIpc) is 2.65. The maximum atomic E-state index is 6.31. The van der Waals surface area contributed by atoms with E-state index in [1.807, 2.05) is 0 Å². The molecule has 84 valence electrons. The molecule has 1 fully saturated rings. The fourth-order valence-electron chi connectivity index (χ4n) is 2.08.